The van der Waals surface area contributed by atoms with Crippen LogP contribution in [0.5, 0.6) is 0 Å². The van der Waals surface area contributed by atoms with E-state index in [-0.39, 0.29) is 12.1 Å². The quantitative estimate of drug-likeness (QED) is 0.790. The van der Waals surface area contributed by atoms with Crippen molar-refractivity contribution in [1.29, 1.82) is 0 Å². The average molecular weight is 328 g/mol. The van der Waals surface area contributed by atoms with Gasteiger partial charge in [0.25, 0.3) is 0 Å². The molecule has 0 radical (unpaired) electrons. The average Bonchev–Trinajstić information content (AvgIpc) is 3.15. The predicted octanol–water partition coefficient (Wildman–Crippen LogP) is 4.07. The fourth-order valence-electron chi connectivity index (χ4n) is 3.31. The van der Waals surface area contributed by atoms with Crippen molar-refractivity contribution in [1.82, 2.24) is 0 Å². The summed E-state index contributed by atoms with van der Waals surface area (Å²) in [5.74, 6) is 2.71. The summed E-state index contributed by atoms with van der Waals surface area (Å²) in [5.41, 5.74) is 1.99. The van der Waals surface area contributed by atoms with Gasteiger partial charge in [-0.1, -0.05) is 39.8 Å². The molecule has 0 fully saturated rings. The molecule has 2 atom stereocenters. The van der Waals surface area contributed by atoms with Crippen molar-refractivity contribution in [2.75, 3.05) is 13.2 Å². The molecule has 4 heteroatoms. The molecule has 2 heterocycles. The van der Waals surface area contributed by atoms with Gasteiger partial charge in [-0.3, -0.25) is 0 Å². The fraction of sp³-hybridized carbons (Fsp3) is 0.600. The van der Waals surface area contributed by atoms with E-state index in [4.69, 9.17) is 19.5 Å². The van der Waals surface area contributed by atoms with E-state index in [0.29, 0.717) is 25.0 Å². The molecule has 24 heavy (non-hydrogen) atoms. The van der Waals surface area contributed by atoms with Crippen LogP contribution in [0.1, 0.15) is 51.7 Å². The molecular weight excluding hydrogens is 300 g/mol. The minimum atomic E-state index is 0.258. The van der Waals surface area contributed by atoms with Gasteiger partial charge >= 0.3 is 0 Å². The van der Waals surface area contributed by atoms with Crippen LogP contribution in [0.4, 0.5) is 0 Å². The van der Waals surface area contributed by atoms with Crippen LogP contribution in [-0.4, -0.2) is 37.1 Å². The monoisotopic (exact) mass is 328 g/mol. The highest BCUT2D eigenvalue weighted by Crippen LogP contribution is 2.23. The molecule has 2 aliphatic heterocycles. The zero-order valence-corrected chi connectivity index (χ0v) is 15.2. The first-order valence-electron chi connectivity index (χ1n) is 9.04. The highest BCUT2D eigenvalue weighted by atomic mass is 16.5. The summed E-state index contributed by atoms with van der Waals surface area (Å²) >= 11 is 0. The normalized spacial score (nSPS) is 23.2. The van der Waals surface area contributed by atoms with Crippen molar-refractivity contribution in [3.63, 3.8) is 0 Å². The largest absolute Gasteiger partial charge is 0.475 e. The molecule has 1 aromatic rings. The van der Waals surface area contributed by atoms with Crippen molar-refractivity contribution in [2.24, 2.45) is 21.8 Å². The highest BCUT2D eigenvalue weighted by molar-refractivity contribution is 6.08. The second kappa shape index (κ2) is 7.37. The number of ether oxygens (including phenoxy) is 2. The zero-order valence-electron chi connectivity index (χ0n) is 15.2. The van der Waals surface area contributed by atoms with Crippen LogP contribution in [0.25, 0.3) is 0 Å². The number of hydrogen-bond donors (Lipinski definition) is 0. The van der Waals surface area contributed by atoms with Crippen LogP contribution in [-0.2, 0) is 9.47 Å². The first-order chi connectivity index (χ1) is 11.5. The third-order valence-electron chi connectivity index (χ3n) is 4.30. The Labute approximate surface area is 145 Å². The van der Waals surface area contributed by atoms with E-state index in [1.807, 2.05) is 24.3 Å². The van der Waals surface area contributed by atoms with Gasteiger partial charge < -0.3 is 9.47 Å². The van der Waals surface area contributed by atoms with Crippen LogP contribution >= 0.6 is 0 Å². The lowest BCUT2D eigenvalue weighted by molar-refractivity contribution is 0.299. The minimum absolute atomic E-state index is 0.258. The smallest absolute Gasteiger partial charge is 0.217 e. The molecule has 4 nitrogen and oxygen atoms in total. The number of hydrogen-bond acceptors (Lipinski definition) is 4. The second-order valence-corrected chi connectivity index (χ2v) is 7.60. The van der Waals surface area contributed by atoms with Crippen LogP contribution in [0, 0.1) is 11.8 Å². The zero-order chi connectivity index (χ0) is 17.1. The topological polar surface area (TPSA) is 43.2 Å². The van der Waals surface area contributed by atoms with Gasteiger partial charge in [0.1, 0.15) is 13.2 Å². The SMILES string of the molecule is CC(C)C[C@@H]1COC(c2ccccc2C2=N[C@H](CC(C)C)CO2)=N1. The Morgan fingerprint density at radius 2 is 1.25 bits per heavy atom. The fourth-order valence-corrected chi connectivity index (χ4v) is 3.31. The molecule has 0 saturated heterocycles. The number of benzene rings is 1. The third-order valence-corrected chi connectivity index (χ3v) is 4.30. The van der Waals surface area contributed by atoms with Gasteiger partial charge in [0.2, 0.25) is 11.8 Å². The van der Waals surface area contributed by atoms with E-state index < -0.39 is 0 Å². The maximum absolute atomic E-state index is 5.88. The van der Waals surface area contributed by atoms with Crippen LogP contribution in [0.2, 0.25) is 0 Å². The summed E-state index contributed by atoms with van der Waals surface area (Å²) in [6.45, 7) is 10.2. The van der Waals surface area contributed by atoms with E-state index in [2.05, 4.69) is 27.7 Å². The molecule has 0 aromatic heterocycles. The highest BCUT2D eigenvalue weighted by Gasteiger charge is 2.27. The standard InChI is InChI=1S/C20H28N2O2/c1-13(2)9-15-11-23-19(21-15)17-7-5-6-8-18(17)20-22-16(12-24-20)10-14(3)4/h5-8,13-16H,9-12H2,1-4H3/t15-,16-/m1/s1. The summed E-state index contributed by atoms with van der Waals surface area (Å²) in [5, 5.41) is 0. The predicted molar refractivity (Wildman–Crippen MR) is 97.9 cm³/mol. The van der Waals surface area contributed by atoms with E-state index in [1.165, 1.54) is 0 Å². The van der Waals surface area contributed by atoms with Crippen LogP contribution in [0.15, 0.2) is 34.3 Å². The van der Waals surface area contributed by atoms with Crippen molar-refractivity contribution in [2.45, 2.75) is 52.6 Å². The molecule has 0 unspecified atom stereocenters. The number of rotatable bonds is 6. The van der Waals surface area contributed by atoms with Gasteiger partial charge in [-0.25, -0.2) is 9.98 Å². The maximum Gasteiger partial charge on any atom is 0.217 e. The Hall–Kier alpha value is -1.84. The van der Waals surface area contributed by atoms with E-state index in [9.17, 15) is 0 Å². The summed E-state index contributed by atoms with van der Waals surface area (Å²) in [4.78, 5) is 9.56. The molecule has 0 aliphatic carbocycles. The van der Waals surface area contributed by atoms with Crippen LogP contribution in [0.3, 0.4) is 0 Å². The lowest BCUT2D eigenvalue weighted by Crippen LogP contribution is -2.11. The van der Waals surface area contributed by atoms with E-state index in [0.717, 1.165) is 35.8 Å². The molecule has 0 saturated carbocycles. The number of aliphatic imine (C=N–C) groups is 2. The Kier molecular flexibility index (Phi) is 5.22. The third kappa shape index (κ3) is 3.97. The van der Waals surface area contributed by atoms with Gasteiger partial charge in [0.15, 0.2) is 0 Å². The molecule has 0 N–H and O–H groups in total. The second-order valence-electron chi connectivity index (χ2n) is 7.60. The first-order valence-corrected chi connectivity index (χ1v) is 9.04. The van der Waals surface area contributed by atoms with Crippen molar-refractivity contribution in [3.05, 3.63) is 35.4 Å². The lowest BCUT2D eigenvalue weighted by atomic mass is 10.0. The molecule has 0 bridgehead atoms. The van der Waals surface area contributed by atoms with Crippen molar-refractivity contribution in [3.8, 4) is 0 Å². The molecule has 0 amide bonds. The van der Waals surface area contributed by atoms with Gasteiger partial charge in [0, 0.05) is 11.1 Å². The molecular formula is C20H28N2O2. The molecule has 1 aromatic carbocycles. The Balaban J connectivity index is 1.82. The van der Waals surface area contributed by atoms with Gasteiger partial charge in [-0.05, 0) is 36.8 Å². The summed E-state index contributed by atoms with van der Waals surface area (Å²) in [6.07, 6.45) is 2.11. The lowest BCUT2D eigenvalue weighted by Gasteiger charge is -2.08. The molecule has 130 valence electrons. The Morgan fingerprint density at radius 3 is 1.62 bits per heavy atom. The van der Waals surface area contributed by atoms with Gasteiger partial charge in [0.05, 0.1) is 12.1 Å². The molecule has 2 aliphatic rings. The minimum Gasteiger partial charge on any atom is -0.475 e. The summed E-state index contributed by atoms with van der Waals surface area (Å²) in [7, 11) is 0. The van der Waals surface area contributed by atoms with Crippen molar-refractivity contribution >= 4 is 11.8 Å². The first kappa shape index (κ1) is 17.0. The number of nitrogens with zero attached hydrogens (tertiary/aromatic N) is 2. The van der Waals surface area contributed by atoms with E-state index in [1.54, 1.807) is 0 Å². The van der Waals surface area contributed by atoms with Gasteiger partial charge in [-0.2, -0.15) is 0 Å². The molecule has 0 spiro atoms. The Bertz CT molecular complexity index is 579. The Morgan fingerprint density at radius 1 is 0.833 bits per heavy atom. The van der Waals surface area contributed by atoms with Crippen LogP contribution < -0.4 is 0 Å². The molecule has 3 rings (SSSR count). The maximum atomic E-state index is 5.88. The van der Waals surface area contributed by atoms with Crippen molar-refractivity contribution < 1.29 is 9.47 Å². The summed E-state index contributed by atoms with van der Waals surface area (Å²) in [6, 6.07) is 8.64. The van der Waals surface area contributed by atoms with Gasteiger partial charge in [-0.15, -0.1) is 0 Å². The van der Waals surface area contributed by atoms with E-state index >= 15 is 0 Å². The summed E-state index contributed by atoms with van der Waals surface area (Å²) < 4.78 is 11.8.